The summed E-state index contributed by atoms with van der Waals surface area (Å²) in [6.07, 6.45) is 2.39. The zero-order valence-electron chi connectivity index (χ0n) is 15.6. The number of nitrogens with one attached hydrogen (secondary N) is 1. The van der Waals surface area contributed by atoms with Gasteiger partial charge in [0.2, 0.25) is 5.91 Å². The lowest BCUT2D eigenvalue weighted by atomic mass is 10.2. The van der Waals surface area contributed by atoms with Gasteiger partial charge < -0.3 is 20.7 Å². The standard InChI is InChI=1S/C19H27FN4O3/c1-2-23(11-13-3-4-13)17(10-21)19(26)22-14-5-6-16(15(20)9-14)24-7-8-27-12-18(24)25/h5-6,9,13,17H,2-4,7-8,10-12,21H2,1H3,(H,22,26)/t17-/m0/s1. The molecule has 1 atom stereocenters. The fourth-order valence-electron chi connectivity index (χ4n) is 3.33. The highest BCUT2D eigenvalue weighted by atomic mass is 19.1. The van der Waals surface area contributed by atoms with E-state index in [1.165, 1.54) is 29.9 Å². The Balaban J connectivity index is 1.67. The van der Waals surface area contributed by atoms with Crippen molar-refractivity contribution in [3.8, 4) is 0 Å². The topological polar surface area (TPSA) is 87.9 Å². The molecule has 2 aliphatic rings. The average molecular weight is 378 g/mol. The van der Waals surface area contributed by atoms with Crippen molar-refractivity contribution in [2.75, 3.05) is 49.6 Å². The Hall–Kier alpha value is -2.03. The number of carbonyl (C=O) groups is 2. The lowest BCUT2D eigenvalue weighted by Gasteiger charge is -2.29. The van der Waals surface area contributed by atoms with Crippen LogP contribution in [0, 0.1) is 11.7 Å². The van der Waals surface area contributed by atoms with Crippen LogP contribution < -0.4 is 16.0 Å². The van der Waals surface area contributed by atoms with E-state index in [0.29, 0.717) is 24.8 Å². The van der Waals surface area contributed by atoms with E-state index in [1.54, 1.807) is 6.07 Å². The normalized spacial score (nSPS) is 18.7. The Morgan fingerprint density at radius 1 is 1.48 bits per heavy atom. The van der Waals surface area contributed by atoms with Gasteiger partial charge >= 0.3 is 0 Å². The van der Waals surface area contributed by atoms with Crippen molar-refractivity contribution in [3.05, 3.63) is 24.0 Å². The minimum atomic E-state index is -0.558. The first-order valence-corrected chi connectivity index (χ1v) is 9.46. The highest BCUT2D eigenvalue weighted by Crippen LogP contribution is 2.30. The minimum absolute atomic E-state index is 0.0516. The predicted octanol–water partition coefficient (Wildman–Crippen LogP) is 1.19. The van der Waals surface area contributed by atoms with Crippen LogP contribution in [0.3, 0.4) is 0 Å². The SMILES string of the molecule is CCN(CC1CC1)[C@@H](CN)C(=O)Nc1ccc(N2CCOCC2=O)c(F)c1. The van der Waals surface area contributed by atoms with Gasteiger partial charge in [-0.05, 0) is 43.5 Å². The molecule has 7 nitrogen and oxygen atoms in total. The average Bonchev–Trinajstić information content (AvgIpc) is 3.46. The van der Waals surface area contributed by atoms with Crippen LogP contribution in [0.1, 0.15) is 19.8 Å². The number of halogens is 1. The number of rotatable bonds is 8. The second-order valence-corrected chi connectivity index (χ2v) is 7.04. The number of benzene rings is 1. The van der Waals surface area contributed by atoms with Crippen molar-refractivity contribution >= 4 is 23.2 Å². The molecule has 1 saturated heterocycles. The Morgan fingerprint density at radius 2 is 2.26 bits per heavy atom. The molecule has 0 bridgehead atoms. The number of likely N-dealkylation sites (N-methyl/N-ethyl adjacent to an activating group) is 1. The first kappa shape index (κ1) is 19.7. The van der Waals surface area contributed by atoms with Crippen LogP contribution in [0.2, 0.25) is 0 Å². The molecule has 2 amide bonds. The largest absolute Gasteiger partial charge is 0.370 e. The molecule has 1 aromatic rings. The van der Waals surface area contributed by atoms with Crippen LogP contribution in [0.15, 0.2) is 18.2 Å². The Morgan fingerprint density at radius 3 is 2.85 bits per heavy atom. The molecule has 148 valence electrons. The number of anilines is 2. The van der Waals surface area contributed by atoms with Gasteiger partial charge in [-0.1, -0.05) is 6.92 Å². The van der Waals surface area contributed by atoms with Crippen LogP contribution >= 0.6 is 0 Å². The Kier molecular flexibility index (Phi) is 6.41. The van der Waals surface area contributed by atoms with Crippen LogP contribution in [-0.4, -0.2) is 62.1 Å². The molecule has 0 aromatic heterocycles. The predicted molar refractivity (Wildman–Crippen MR) is 101 cm³/mol. The van der Waals surface area contributed by atoms with E-state index in [1.807, 2.05) is 6.92 Å². The number of amides is 2. The third-order valence-corrected chi connectivity index (χ3v) is 5.05. The van der Waals surface area contributed by atoms with E-state index < -0.39 is 11.9 Å². The van der Waals surface area contributed by atoms with E-state index in [2.05, 4.69) is 10.2 Å². The molecule has 1 aromatic carbocycles. The van der Waals surface area contributed by atoms with Crippen LogP contribution in [0.5, 0.6) is 0 Å². The molecule has 0 radical (unpaired) electrons. The third kappa shape index (κ3) is 4.82. The van der Waals surface area contributed by atoms with Crippen molar-refractivity contribution in [3.63, 3.8) is 0 Å². The smallest absolute Gasteiger partial charge is 0.253 e. The summed E-state index contributed by atoms with van der Waals surface area (Å²) in [7, 11) is 0. The van der Waals surface area contributed by atoms with Gasteiger partial charge in [-0.15, -0.1) is 0 Å². The third-order valence-electron chi connectivity index (χ3n) is 5.05. The second-order valence-electron chi connectivity index (χ2n) is 7.04. The summed E-state index contributed by atoms with van der Waals surface area (Å²) in [5.41, 5.74) is 6.38. The maximum absolute atomic E-state index is 14.5. The fourth-order valence-corrected chi connectivity index (χ4v) is 3.33. The highest BCUT2D eigenvalue weighted by Gasteiger charge is 2.30. The van der Waals surface area contributed by atoms with E-state index in [4.69, 9.17) is 10.5 Å². The molecule has 1 saturated carbocycles. The first-order valence-electron chi connectivity index (χ1n) is 9.46. The number of morpholine rings is 1. The minimum Gasteiger partial charge on any atom is -0.370 e. The van der Waals surface area contributed by atoms with Crippen molar-refractivity contribution < 1.29 is 18.7 Å². The van der Waals surface area contributed by atoms with Gasteiger partial charge in [-0.2, -0.15) is 0 Å². The Labute approximate surface area is 158 Å². The lowest BCUT2D eigenvalue weighted by Crippen LogP contribution is -2.49. The first-order chi connectivity index (χ1) is 13.0. The van der Waals surface area contributed by atoms with E-state index in [9.17, 15) is 14.0 Å². The number of nitrogens with zero attached hydrogens (tertiary/aromatic N) is 2. The van der Waals surface area contributed by atoms with Gasteiger partial charge in [0, 0.05) is 25.3 Å². The number of nitrogens with two attached hydrogens (primary N) is 1. The molecule has 8 heteroatoms. The molecule has 27 heavy (non-hydrogen) atoms. The molecule has 2 fully saturated rings. The zero-order chi connectivity index (χ0) is 19.4. The quantitative estimate of drug-likeness (QED) is 0.709. The molecule has 1 aliphatic heterocycles. The maximum Gasteiger partial charge on any atom is 0.253 e. The molecule has 1 aliphatic carbocycles. The zero-order valence-corrected chi connectivity index (χ0v) is 15.6. The number of ether oxygens (including phenoxy) is 1. The van der Waals surface area contributed by atoms with Gasteiger partial charge in [0.15, 0.2) is 0 Å². The molecule has 1 heterocycles. The van der Waals surface area contributed by atoms with Gasteiger partial charge in [0.05, 0.1) is 12.3 Å². The van der Waals surface area contributed by atoms with Gasteiger partial charge in [-0.25, -0.2) is 4.39 Å². The molecular weight excluding hydrogens is 351 g/mol. The summed E-state index contributed by atoms with van der Waals surface area (Å²) >= 11 is 0. The number of hydrogen-bond acceptors (Lipinski definition) is 5. The molecular formula is C19H27FN4O3. The lowest BCUT2D eigenvalue weighted by molar-refractivity contribution is -0.125. The molecule has 3 N–H and O–H groups in total. The Bertz CT molecular complexity index is 696. The van der Waals surface area contributed by atoms with E-state index in [0.717, 1.165) is 13.1 Å². The summed E-state index contributed by atoms with van der Waals surface area (Å²) < 4.78 is 19.6. The van der Waals surface area contributed by atoms with Gasteiger partial charge in [-0.3, -0.25) is 14.5 Å². The monoisotopic (exact) mass is 378 g/mol. The molecule has 3 rings (SSSR count). The van der Waals surface area contributed by atoms with Crippen molar-refractivity contribution in [1.82, 2.24) is 4.90 Å². The summed E-state index contributed by atoms with van der Waals surface area (Å²) in [4.78, 5) is 28.0. The second kappa shape index (κ2) is 8.77. The molecule has 0 spiro atoms. The van der Waals surface area contributed by atoms with Gasteiger partial charge in [0.1, 0.15) is 18.5 Å². The fraction of sp³-hybridized carbons (Fsp3) is 0.579. The number of carbonyl (C=O) groups excluding carboxylic acids is 2. The van der Waals surface area contributed by atoms with Crippen molar-refractivity contribution in [2.24, 2.45) is 11.7 Å². The van der Waals surface area contributed by atoms with Crippen LogP contribution in [-0.2, 0) is 14.3 Å². The number of hydrogen-bond donors (Lipinski definition) is 2. The highest BCUT2D eigenvalue weighted by molar-refractivity contribution is 5.97. The summed E-state index contributed by atoms with van der Waals surface area (Å²) in [6, 6.07) is 3.90. The van der Waals surface area contributed by atoms with E-state index in [-0.39, 0.29) is 30.7 Å². The summed E-state index contributed by atoms with van der Waals surface area (Å²) in [5, 5.41) is 2.75. The maximum atomic E-state index is 14.5. The molecule has 0 unspecified atom stereocenters. The summed E-state index contributed by atoms with van der Waals surface area (Å²) in [6.45, 7) is 4.43. The van der Waals surface area contributed by atoms with Crippen LogP contribution in [0.4, 0.5) is 15.8 Å². The summed E-state index contributed by atoms with van der Waals surface area (Å²) in [5.74, 6) is -0.430. The van der Waals surface area contributed by atoms with Crippen LogP contribution in [0.25, 0.3) is 0 Å². The van der Waals surface area contributed by atoms with Crippen molar-refractivity contribution in [1.29, 1.82) is 0 Å². The van der Waals surface area contributed by atoms with Gasteiger partial charge in [0.25, 0.3) is 5.91 Å². The van der Waals surface area contributed by atoms with E-state index >= 15 is 0 Å². The van der Waals surface area contributed by atoms with Crippen molar-refractivity contribution in [2.45, 2.75) is 25.8 Å².